The number of rotatable bonds is 12. The van der Waals surface area contributed by atoms with E-state index < -0.39 is 0 Å². The third-order valence-electron chi connectivity index (χ3n) is 5.63. The summed E-state index contributed by atoms with van der Waals surface area (Å²) in [6, 6.07) is 0. The van der Waals surface area contributed by atoms with Gasteiger partial charge in [-0.05, 0) is 70.8 Å². The first kappa shape index (κ1) is 23.0. The third-order valence-corrected chi connectivity index (χ3v) is 5.63. The Morgan fingerprint density at radius 1 is 1.23 bits per heavy atom. The minimum atomic E-state index is -0.207. The molecule has 2 atom stereocenters. The first-order valence-corrected chi connectivity index (χ1v) is 10.7. The molecule has 0 saturated heterocycles. The highest BCUT2D eigenvalue weighted by molar-refractivity contribution is 5.83. The Kier molecular flexibility index (Phi) is 10.9. The minimum Gasteiger partial charge on any atom is -0.463 e. The van der Waals surface area contributed by atoms with Gasteiger partial charge in [-0.25, -0.2) is 4.79 Å². The minimum absolute atomic E-state index is 0.0344. The molecule has 0 spiro atoms. The summed E-state index contributed by atoms with van der Waals surface area (Å²) in [5, 5.41) is 0. The van der Waals surface area contributed by atoms with E-state index in [1.165, 1.54) is 31.3 Å². The fourth-order valence-electron chi connectivity index (χ4n) is 3.82. The molecular weight excluding hydrogens is 324 g/mol. The molecule has 150 valence electrons. The Morgan fingerprint density at radius 2 is 2.00 bits per heavy atom. The lowest BCUT2D eigenvalue weighted by atomic mass is 9.84. The second-order valence-corrected chi connectivity index (χ2v) is 7.73. The lowest BCUT2D eigenvalue weighted by Crippen LogP contribution is -2.27. The van der Waals surface area contributed by atoms with Gasteiger partial charge in [-0.15, -0.1) is 0 Å². The van der Waals surface area contributed by atoms with E-state index in [4.69, 9.17) is 9.47 Å². The molecular formula is C23H40O3. The largest absolute Gasteiger partial charge is 0.463 e. The fourth-order valence-corrected chi connectivity index (χ4v) is 3.82. The van der Waals surface area contributed by atoms with Gasteiger partial charge in [0, 0.05) is 12.7 Å². The molecule has 2 unspecified atom stereocenters. The molecule has 0 heterocycles. The highest BCUT2D eigenvalue weighted by Crippen LogP contribution is 2.31. The Hall–Kier alpha value is -1.09. The van der Waals surface area contributed by atoms with Crippen molar-refractivity contribution in [2.24, 2.45) is 5.92 Å². The van der Waals surface area contributed by atoms with Gasteiger partial charge in [-0.2, -0.15) is 0 Å². The summed E-state index contributed by atoms with van der Waals surface area (Å²) in [5.74, 6) is 0.521. The second-order valence-electron chi connectivity index (χ2n) is 7.73. The van der Waals surface area contributed by atoms with Gasteiger partial charge in [0.1, 0.15) is 0 Å². The quantitative estimate of drug-likeness (QED) is 0.298. The van der Waals surface area contributed by atoms with Gasteiger partial charge in [0.15, 0.2) is 0 Å². The van der Waals surface area contributed by atoms with Gasteiger partial charge >= 0.3 is 5.97 Å². The van der Waals surface area contributed by atoms with Crippen molar-refractivity contribution < 1.29 is 14.3 Å². The molecule has 1 aliphatic carbocycles. The van der Waals surface area contributed by atoms with Gasteiger partial charge in [-0.3, -0.25) is 0 Å². The number of allylic oxidation sites excluding steroid dienone is 3. The molecule has 0 N–H and O–H groups in total. The fraction of sp³-hybridized carbons (Fsp3) is 0.783. The molecule has 0 radical (unpaired) electrons. The van der Waals surface area contributed by atoms with Crippen LogP contribution < -0.4 is 0 Å². The van der Waals surface area contributed by atoms with Crippen LogP contribution in [0.5, 0.6) is 0 Å². The first-order valence-electron chi connectivity index (χ1n) is 10.7. The third kappa shape index (κ3) is 8.53. The predicted octanol–water partition coefficient (Wildman–Crippen LogP) is 6.38. The summed E-state index contributed by atoms with van der Waals surface area (Å²) in [6.45, 7) is 11.9. The Morgan fingerprint density at radius 3 is 2.62 bits per heavy atom. The van der Waals surface area contributed by atoms with Crippen molar-refractivity contribution in [1.29, 1.82) is 0 Å². The predicted molar refractivity (Wildman–Crippen MR) is 109 cm³/mol. The number of ether oxygens (including phenoxy) is 2. The molecule has 1 aliphatic rings. The average molecular weight is 365 g/mol. The van der Waals surface area contributed by atoms with Gasteiger partial charge in [0.2, 0.25) is 0 Å². The van der Waals surface area contributed by atoms with Crippen LogP contribution in [0.1, 0.15) is 92.4 Å². The van der Waals surface area contributed by atoms with E-state index in [2.05, 4.69) is 33.8 Å². The molecule has 26 heavy (non-hydrogen) atoms. The summed E-state index contributed by atoms with van der Waals surface area (Å²) in [6.07, 6.45) is 14.3. The summed E-state index contributed by atoms with van der Waals surface area (Å²) in [5.41, 5.74) is 2.67. The highest BCUT2D eigenvalue weighted by Gasteiger charge is 2.22. The lowest BCUT2D eigenvalue weighted by molar-refractivity contribution is -0.137. The summed E-state index contributed by atoms with van der Waals surface area (Å²) >= 11 is 0. The average Bonchev–Trinajstić information content (AvgIpc) is 2.61. The van der Waals surface area contributed by atoms with E-state index in [0.29, 0.717) is 6.61 Å². The number of carbonyl (C=O) groups excluding carboxylic acids is 1. The van der Waals surface area contributed by atoms with Crippen LogP contribution in [-0.4, -0.2) is 24.8 Å². The maximum absolute atomic E-state index is 11.7. The van der Waals surface area contributed by atoms with Crippen LogP contribution in [0.4, 0.5) is 0 Å². The SMILES string of the molecule is CCOC(=O)C=C1C=C(CC(CC)CCCC(C)(CC)OCC)CCC1. The molecule has 0 aliphatic heterocycles. The van der Waals surface area contributed by atoms with E-state index in [0.717, 1.165) is 50.2 Å². The van der Waals surface area contributed by atoms with Crippen molar-refractivity contribution in [1.82, 2.24) is 0 Å². The molecule has 0 bridgehead atoms. The zero-order valence-electron chi connectivity index (χ0n) is 17.7. The van der Waals surface area contributed by atoms with Crippen molar-refractivity contribution >= 4 is 5.97 Å². The van der Waals surface area contributed by atoms with Gasteiger partial charge in [0.25, 0.3) is 0 Å². The molecule has 3 heteroatoms. The highest BCUT2D eigenvalue weighted by atomic mass is 16.5. The van der Waals surface area contributed by atoms with Crippen LogP contribution in [0.2, 0.25) is 0 Å². The molecule has 0 aromatic rings. The van der Waals surface area contributed by atoms with Gasteiger partial charge in [0.05, 0.1) is 12.2 Å². The van der Waals surface area contributed by atoms with Crippen molar-refractivity contribution in [3.05, 3.63) is 23.3 Å². The number of esters is 1. The van der Waals surface area contributed by atoms with Crippen LogP contribution in [0.15, 0.2) is 23.3 Å². The standard InChI is InChI=1S/C23H40O3/c1-6-19(14-11-15-23(5,7-2)26-9-4)16-20-12-10-13-21(17-20)18-22(24)25-8-3/h17-19H,6-16H2,1-5H3. The zero-order chi connectivity index (χ0) is 19.4. The van der Waals surface area contributed by atoms with Crippen molar-refractivity contribution in [2.45, 2.75) is 98.0 Å². The topological polar surface area (TPSA) is 35.5 Å². The second kappa shape index (κ2) is 12.3. The Labute approximate surface area is 161 Å². The Balaban J connectivity index is 2.55. The van der Waals surface area contributed by atoms with Gasteiger partial charge in [-0.1, -0.05) is 44.8 Å². The molecule has 0 amide bonds. The molecule has 3 nitrogen and oxygen atoms in total. The number of carbonyl (C=O) groups is 1. The molecule has 0 fully saturated rings. The van der Waals surface area contributed by atoms with E-state index in [1.54, 1.807) is 6.08 Å². The molecule has 1 rings (SSSR count). The molecule has 0 aromatic heterocycles. The maximum atomic E-state index is 11.7. The van der Waals surface area contributed by atoms with Crippen LogP contribution in [0.3, 0.4) is 0 Å². The van der Waals surface area contributed by atoms with E-state index in [-0.39, 0.29) is 11.6 Å². The van der Waals surface area contributed by atoms with Crippen molar-refractivity contribution in [3.63, 3.8) is 0 Å². The van der Waals surface area contributed by atoms with Crippen LogP contribution in [0, 0.1) is 5.92 Å². The lowest BCUT2D eigenvalue weighted by Gasteiger charge is -2.29. The normalized spacial score (nSPS) is 19.7. The summed E-state index contributed by atoms with van der Waals surface area (Å²) < 4.78 is 11.0. The van der Waals surface area contributed by atoms with E-state index in [9.17, 15) is 4.79 Å². The van der Waals surface area contributed by atoms with Crippen LogP contribution in [-0.2, 0) is 14.3 Å². The summed E-state index contributed by atoms with van der Waals surface area (Å²) in [7, 11) is 0. The molecule has 0 aromatic carbocycles. The maximum Gasteiger partial charge on any atom is 0.331 e. The molecule has 0 saturated carbocycles. The van der Waals surface area contributed by atoms with Crippen molar-refractivity contribution in [3.8, 4) is 0 Å². The van der Waals surface area contributed by atoms with Crippen molar-refractivity contribution in [2.75, 3.05) is 13.2 Å². The van der Waals surface area contributed by atoms with E-state index in [1.807, 2.05) is 6.92 Å². The number of hydrogen-bond acceptors (Lipinski definition) is 3. The zero-order valence-corrected chi connectivity index (χ0v) is 17.7. The van der Waals surface area contributed by atoms with E-state index >= 15 is 0 Å². The monoisotopic (exact) mass is 364 g/mol. The number of hydrogen-bond donors (Lipinski definition) is 0. The Bertz CT molecular complexity index is 478. The smallest absolute Gasteiger partial charge is 0.331 e. The van der Waals surface area contributed by atoms with Crippen LogP contribution >= 0.6 is 0 Å². The van der Waals surface area contributed by atoms with Crippen LogP contribution in [0.25, 0.3) is 0 Å². The summed E-state index contributed by atoms with van der Waals surface area (Å²) in [4.78, 5) is 11.7. The van der Waals surface area contributed by atoms with Gasteiger partial charge < -0.3 is 9.47 Å². The first-order chi connectivity index (χ1) is 12.5.